The Labute approximate surface area is 181 Å². The first-order chi connectivity index (χ1) is 14.7. The lowest BCUT2D eigenvalue weighted by molar-refractivity contribution is -0.640. The second-order valence-corrected chi connectivity index (χ2v) is 10.2. The molecule has 1 unspecified atom stereocenters. The van der Waals surface area contributed by atoms with Crippen LogP contribution in [0.5, 0.6) is 5.75 Å². The molecule has 30 heavy (non-hydrogen) atoms. The van der Waals surface area contributed by atoms with E-state index in [1.807, 2.05) is 0 Å². The molecule has 1 aliphatic carbocycles. The van der Waals surface area contributed by atoms with Gasteiger partial charge in [0.15, 0.2) is 0 Å². The first kappa shape index (κ1) is 20.4. The van der Waals surface area contributed by atoms with Gasteiger partial charge in [-0.25, -0.2) is 0 Å². The van der Waals surface area contributed by atoms with Gasteiger partial charge >= 0.3 is 0 Å². The standard InChI is InChI=1S/C26H38N2O2/c1-2-19-11-8-12-21-24(19)30-16-14-26(21)18-27-17-22(26)25(29)28-15-7-6-13-23(28)20-9-4-3-5-10-20/h8,11-12,20,22-23,27H,2-7,9-10,13-18H2,1H3/p+1/t22-,23?,26-/m0/s1. The fourth-order valence-electron chi connectivity index (χ4n) is 7.12. The van der Waals surface area contributed by atoms with Crippen LogP contribution < -0.4 is 10.1 Å². The summed E-state index contributed by atoms with van der Waals surface area (Å²) in [6, 6.07) is 7.11. The lowest BCUT2D eigenvalue weighted by Crippen LogP contribution is -2.82. The summed E-state index contributed by atoms with van der Waals surface area (Å²) < 4.78 is 6.18. The lowest BCUT2D eigenvalue weighted by atomic mass is 9.67. The van der Waals surface area contributed by atoms with Crippen molar-refractivity contribution in [2.75, 3.05) is 26.2 Å². The van der Waals surface area contributed by atoms with Crippen molar-refractivity contribution in [2.45, 2.75) is 82.6 Å². The van der Waals surface area contributed by atoms with E-state index >= 15 is 0 Å². The topological polar surface area (TPSA) is 46.1 Å². The lowest BCUT2D eigenvalue weighted by Gasteiger charge is -2.45. The van der Waals surface area contributed by atoms with Crippen LogP contribution in [-0.4, -0.2) is 43.1 Å². The molecule has 2 saturated heterocycles. The molecule has 1 amide bonds. The maximum atomic E-state index is 14.2. The number of ether oxygens (including phenoxy) is 1. The van der Waals surface area contributed by atoms with E-state index in [2.05, 4.69) is 35.3 Å². The van der Waals surface area contributed by atoms with Crippen molar-refractivity contribution in [3.05, 3.63) is 29.3 Å². The van der Waals surface area contributed by atoms with Gasteiger partial charge in [-0.3, -0.25) is 4.79 Å². The minimum atomic E-state index is -0.0512. The number of nitrogens with two attached hydrogens (primary N) is 1. The summed E-state index contributed by atoms with van der Waals surface area (Å²) in [7, 11) is 0. The molecule has 0 aromatic heterocycles. The monoisotopic (exact) mass is 411 g/mol. The Kier molecular flexibility index (Phi) is 5.79. The summed E-state index contributed by atoms with van der Waals surface area (Å²) in [5, 5.41) is 2.40. The van der Waals surface area contributed by atoms with Crippen LogP contribution in [0.1, 0.15) is 75.8 Å². The van der Waals surface area contributed by atoms with Gasteiger partial charge in [0.05, 0.1) is 25.1 Å². The highest BCUT2D eigenvalue weighted by Gasteiger charge is 2.55. The number of carbonyl (C=O) groups excluding carboxylic acids is 1. The zero-order chi connectivity index (χ0) is 20.6. The van der Waals surface area contributed by atoms with Gasteiger partial charge in [0.1, 0.15) is 11.7 Å². The number of amides is 1. The third-order valence-electron chi connectivity index (χ3n) is 8.71. The number of aryl methyl sites for hydroxylation is 1. The van der Waals surface area contributed by atoms with Gasteiger partial charge < -0.3 is 15.0 Å². The van der Waals surface area contributed by atoms with Gasteiger partial charge in [-0.1, -0.05) is 44.4 Å². The Morgan fingerprint density at radius 3 is 2.83 bits per heavy atom. The van der Waals surface area contributed by atoms with Gasteiger partial charge in [0.25, 0.3) is 0 Å². The Morgan fingerprint density at radius 1 is 1.17 bits per heavy atom. The van der Waals surface area contributed by atoms with E-state index in [9.17, 15) is 4.79 Å². The molecule has 5 rings (SSSR count). The van der Waals surface area contributed by atoms with E-state index in [1.54, 1.807) is 0 Å². The first-order valence-electron chi connectivity index (χ1n) is 12.6. The van der Waals surface area contributed by atoms with Gasteiger partial charge in [-0.05, 0) is 56.4 Å². The average Bonchev–Trinajstić information content (AvgIpc) is 3.23. The molecular weight excluding hydrogens is 372 g/mol. The maximum Gasteiger partial charge on any atom is 0.232 e. The summed E-state index contributed by atoms with van der Waals surface area (Å²) in [5.41, 5.74) is 2.55. The highest BCUT2D eigenvalue weighted by atomic mass is 16.5. The summed E-state index contributed by atoms with van der Waals surface area (Å²) in [6.07, 6.45) is 12.4. The summed E-state index contributed by atoms with van der Waals surface area (Å²) >= 11 is 0. The number of nitrogens with zero attached hydrogens (tertiary/aromatic N) is 1. The van der Waals surface area contributed by atoms with E-state index in [0.29, 0.717) is 11.9 Å². The molecule has 1 aromatic carbocycles. The van der Waals surface area contributed by atoms with Crippen molar-refractivity contribution >= 4 is 5.91 Å². The fourth-order valence-corrected chi connectivity index (χ4v) is 7.12. The molecule has 4 nitrogen and oxygen atoms in total. The molecule has 2 N–H and O–H groups in total. The molecule has 0 radical (unpaired) electrons. The molecule has 3 atom stereocenters. The van der Waals surface area contributed by atoms with Crippen LogP contribution >= 0.6 is 0 Å². The number of fused-ring (bicyclic) bond motifs is 2. The highest BCUT2D eigenvalue weighted by Crippen LogP contribution is 2.47. The second kappa shape index (κ2) is 8.53. The van der Waals surface area contributed by atoms with Crippen molar-refractivity contribution in [2.24, 2.45) is 11.8 Å². The maximum absolute atomic E-state index is 14.2. The van der Waals surface area contributed by atoms with Crippen LogP contribution in [0.3, 0.4) is 0 Å². The molecule has 3 heterocycles. The molecule has 3 fully saturated rings. The van der Waals surface area contributed by atoms with Crippen LogP contribution in [-0.2, 0) is 16.6 Å². The minimum absolute atomic E-state index is 0.0512. The van der Waals surface area contributed by atoms with Crippen molar-refractivity contribution in [1.29, 1.82) is 0 Å². The second-order valence-electron chi connectivity index (χ2n) is 10.2. The van der Waals surface area contributed by atoms with E-state index in [0.717, 1.165) is 50.8 Å². The Hall–Kier alpha value is -1.55. The van der Waals surface area contributed by atoms with Crippen molar-refractivity contribution in [3.63, 3.8) is 0 Å². The van der Waals surface area contributed by atoms with Crippen molar-refractivity contribution < 1.29 is 14.8 Å². The highest BCUT2D eigenvalue weighted by molar-refractivity contribution is 5.82. The van der Waals surface area contributed by atoms with Crippen molar-refractivity contribution in [3.8, 4) is 5.75 Å². The molecule has 4 aliphatic rings. The van der Waals surface area contributed by atoms with Crippen LogP contribution in [0.4, 0.5) is 0 Å². The molecule has 1 saturated carbocycles. The Bertz CT molecular complexity index is 772. The molecule has 1 spiro atoms. The van der Waals surface area contributed by atoms with E-state index in [4.69, 9.17) is 4.74 Å². The molecule has 3 aliphatic heterocycles. The minimum Gasteiger partial charge on any atom is -0.493 e. The van der Waals surface area contributed by atoms with Crippen molar-refractivity contribution in [1.82, 2.24) is 4.90 Å². The molecule has 0 bridgehead atoms. The largest absolute Gasteiger partial charge is 0.493 e. The Balaban J connectivity index is 1.46. The third-order valence-corrected chi connectivity index (χ3v) is 8.71. The summed E-state index contributed by atoms with van der Waals surface area (Å²) in [6.45, 7) is 5.88. The molecule has 4 heteroatoms. The van der Waals surface area contributed by atoms with Gasteiger partial charge in [0, 0.05) is 18.2 Å². The fraction of sp³-hybridized carbons (Fsp3) is 0.731. The van der Waals surface area contributed by atoms with Gasteiger partial charge in [-0.15, -0.1) is 0 Å². The summed E-state index contributed by atoms with van der Waals surface area (Å²) in [5.74, 6) is 2.37. The normalized spacial score (nSPS) is 32.1. The first-order valence-corrected chi connectivity index (χ1v) is 12.6. The quantitative estimate of drug-likeness (QED) is 0.828. The predicted octanol–water partition coefficient (Wildman–Crippen LogP) is 3.42. The molecular formula is C26H39N2O2+. The number of para-hydroxylation sites is 1. The third kappa shape index (κ3) is 3.36. The van der Waals surface area contributed by atoms with Crippen LogP contribution in [0.2, 0.25) is 0 Å². The van der Waals surface area contributed by atoms with Gasteiger partial charge in [-0.2, -0.15) is 0 Å². The van der Waals surface area contributed by atoms with Crippen LogP contribution in [0, 0.1) is 11.8 Å². The van der Waals surface area contributed by atoms with Gasteiger partial charge in [0.2, 0.25) is 5.91 Å². The number of carbonyl (C=O) groups is 1. The number of hydrogen-bond donors (Lipinski definition) is 1. The van der Waals surface area contributed by atoms with E-state index in [-0.39, 0.29) is 11.3 Å². The molecule has 1 aromatic rings. The van der Waals surface area contributed by atoms with E-state index < -0.39 is 0 Å². The Morgan fingerprint density at radius 2 is 2.00 bits per heavy atom. The number of rotatable bonds is 3. The number of benzene rings is 1. The SMILES string of the molecule is CCc1cccc2c1OCC[C@]21C[NH2+]C[C@H]1C(=O)N1CCCCC1C1CCCCC1. The summed E-state index contributed by atoms with van der Waals surface area (Å²) in [4.78, 5) is 16.5. The van der Waals surface area contributed by atoms with Crippen LogP contribution in [0.15, 0.2) is 18.2 Å². The smallest absolute Gasteiger partial charge is 0.232 e. The molecule has 164 valence electrons. The number of hydrogen-bond acceptors (Lipinski definition) is 2. The number of piperidine rings is 1. The van der Waals surface area contributed by atoms with E-state index in [1.165, 1.54) is 62.5 Å². The zero-order valence-corrected chi connectivity index (χ0v) is 18.7. The average molecular weight is 412 g/mol. The predicted molar refractivity (Wildman–Crippen MR) is 119 cm³/mol. The number of quaternary nitrogens is 1. The zero-order valence-electron chi connectivity index (χ0n) is 18.7. The number of likely N-dealkylation sites (tertiary alicyclic amines) is 1. The van der Waals surface area contributed by atoms with Crippen LogP contribution in [0.25, 0.3) is 0 Å².